The number of nitro benzene ring substituents is 1. The van der Waals surface area contributed by atoms with Crippen LogP contribution in [0.3, 0.4) is 0 Å². The van der Waals surface area contributed by atoms with Crippen molar-refractivity contribution >= 4 is 23.3 Å². The quantitative estimate of drug-likeness (QED) is 0.263. The Bertz CT molecular complexity index is 1470. The van der Waals surface area contributed by atoms with Crippen LogP contribution in [0.4, 0.5) is 11.4 Å². The lowest BCUT2D eigenvalue weighted by Crippen LogP contribution is -2.49. The number of amides is 1. The van der Waals surface area contributed by atoms with Gasteiger partial charge in [-0.1, -0.05) is 78.9 Å². The maximum absolute atomic E-state index is 14.0. The van der Waals surface area contributed by atoms with Crippen LogP contribution >= 0.6 is 0 Å². The predicted octanol–water partition coefficient (Wildman–Crippen LogP) is 5.65. The Kier molecular flexibility index (Phi) is 6.38. The third kappa shape index (κ3) is 4.64. The summed E-state index contributed by atoms with van der Waals surface area (Å²) in [6, 6.07) is 29.9. The molecule has 0 aliphatic carbocycles. The molecule has 0 fully saturated rings. The second-order valence-corrected chi connectivity index (χ2v) is 8.76. The minimum atomic E-state index is -1.10. The number of fused-ring (bicyclic) bond motifs is 1. The molecule has 0 unspecified atom stereocenters. The van der Waals surface area contributed by atoms with Gasteiger partial charge in [0.1, 0.15) is 6.17 Å². The molecule has 0 bridgehead atoms. The highest BCUT2D eigenvalue weighted by molar-refractivity contribution is 6.03. The van der Waals surface area contributed by atoms with Gasteiger partial charge in [0.2, 0.25) is 0 Å². The maximum Gasteiger partial charge on any atom is 0.336 e. The molecule has 0 spiro atoms. The average molecular weight is 494 g/mol. The number of anilines is 1. The summed E-state index contributed by atoms with van der Waals surface area (Å²) in [6.07, 6.45) is -0.769. The number of rotatable bonds is 7. The first-order valence-corrected chi connectivity index (χ1v) is 11.7. The minimum Gasteiger partial charge on any atom is -0.478 e. The summed E-state index contributed by atoms with van der Waals surface area (Å²) in [4.78, 5) is 40.8. The lowest BCUT2D eigenvalue weighted by atomic mass is 9.96. The van der Waals surface area contributed by atoms with Crippen LogP contribution in [0.2, 0.25) is 0 Å². The Morgan fingerprint density at radius 3 is 1.97 bits per heavy atom. The van der Waals surface area contributed by atoms with Gasteiger partial charge in [-0.3, -0.25) is 14.9 Å². The number of nitrogens with zero attached hydrogens (tertiary/aromatic N) is 3. The number of carbonyl (C=O) groups is 2. The molecular weight excluding hydrogens is 470 g/mol. The summed E-state index contributed by atoms with van der Waals surface area (Å²) in [5.41, 5.74) is 2.86. The number of benzene rings is 4. The molecule has 1 aliphatic rings. The lowest BCUT2D eigenvalue weighted by molar-refractivity contribution is -0.384. The number of non-ortho nitro benzene ring substituents is 1. The van der Waals surface area contributed by atoms with Crippen molar-refractivity contribution in [1.29, 1.82) is 0 Å². The third-order valence-corrected chi connectivity index (χ3v) is 6.44. The van der Waals surface area contributed by atoms with Crippen LogP contribution in [0.25, 0.3) is 0 Å². The van der Waals surface area contributed by atoms with E-state index in [9.17, 15) is 24.8 Å². The van der Waals surface area contributed by atoms with Crippen LogP contribution in [0, 0.1) is 10.1 Å². The van der Waals surface area contributed by atoms with Crippen LogP contribution in [-0.2, 0) is 13.1 Å². The molecule has 1 aliphatic heterocycles. The van der Waals surface area contributed by atoms with Crippen molar-refractivity contribution in [2.75, 3.05) is 4.90 Å². The van der Waals surface area contributed by atoms with Crippen molar-refractivity contribution < 1.29 is 19.6 Å². The molecule has 0 aromatic heterocycles. The van der Waals surface area contributed by atoms with Crippen molar-refractivity contribution in [1.82, 2.24) is 4.90 Å². The summed E-state index contributed by atoms with van der Waals surface area (Å²) in [7, 11) is 0. The van der Waals surface area contributed by atoms with Crippen molar-refractivity contribution in [2.45, 2.75) is 19.3 Å². The number of hydrogen-bond donors (Lipinski definition) is 1. The van der Waals surface area contributed by atoms with E-state index in [2.05, 4.69) is 0 Å². The number of carboxylic acid groups (broad SMARTS) is 1. The van der Waals surface area contributed by atoms with Gasteiger partial charge in [0.25, 0.3) is 11.6 Å². The zero-order valence-electron chi connectivity index (χ0n) is 19.7. The highest BCUT2D eigenvalue weighted by Gasteiger charge is 2.41. The molecule has 8 nitrogen and oxygen atoms in total. The fourth-order valence-corrected chi connectivity index (χ4v) is 4.77. The first kappa shape index (κ1) is 23.7. The molecule has 5 rings (SSSR count). The van der Waals surface area contributed by atoms with E-state index in [4.69, 9.17) is 0 Å². The van der Waals surface area contributed by atoms with E-state index in [1.54, 1.807) is 29.2 Å². The molecule has 0 saturated carbocycles. The van der Waals surface area contributed by atoms with Gasteiger partial charge < -0.3 is 14.9 Å². The van der Waals surface area contributed by atoms with Crippen LogP contribution in [0.15, 0.2) is 103 Å². The minimum absolute atomic E-state index is 0.0850. The normalized spacial score (nSPS) is 14.8. The van der Waals surface area contributed by atoms with Gasteiger partial charge in [0, 0.05) is 30.8 Å². The molecule has 1 heterocycles. The second kappa shape index (κ2) is 9.94. The zero-order chi connectivity index (χ0) is 25.9. The Labute approximate surface area is 213 Å². The number of nitro groups is 1. The van der Waals surface area contributed by atoms with E-state index in [1.807, 2.05) is 65.6 Å². The summed E-state index contributed by atoms with van der Waals surface area (Å²) in [5, 5.41) is 21.6. The van der Waals surface area contributed by atoms with Gasteiger partial charge >= 0.3 is 5.97 Å². The SMILES string of the molecule is O=C(O)c1ccccc1[C@@H]1N(Cc2ccccc2)C(=O)c2cc([N+](=O)[O-])ccc2N1Cc1ccccc1. The van der Waals surface area contributed by atoms with E-state index < -0.39 is 23.0 Å². The van der Waals surface area contributed by atoms with Gasteiger partial charge in [0.05, 0.1) is 21.7 Å². The molecule has 4 aromatic carbocycles. The predicted molar refractivity (Wildman–Crippen MR) is 138 cm³/mol. The largest absolute Gasteiger partial charge is 0.478 e. The van der Waals surface area contributed by atoms with Crippen molar-refractivity contribution in [3.63, 3.8) is 0 Å². The fraction of sp³-hybridized carbons (Fsp3) is 0.103. The van der Waals surface area contributed by atoms with E-state index in [-0.39, 0.29) is 23.4 Å². The van der Waals surface area contributed by atoms with E-state index in [0.29, 0.717) is 17.8 Å². The van der Waals surface area contributed by atoms with Crippen LogP contribution in [0.1, 0.15) is 43.6 Å². The number of hydrogen-bond acceptors (Lipinski definition) is 5. The van der Waals surface area contributed by atoms with Crippen molar-refractivity contribution in [2.24, 2.45) is 0 Å². The highest BCUT2D eigenvalue weighted by Crippen LogP contribution is 2.42. The molecule has 184 valence electrons. The molecule has 0 radical (unpaired) electrons. The number of aromatic carboxylic acids is 1. The summed E-state index contributed by atoms with van der Waals surface area (Å²) >= 11 is 0. The molecule has 1 N–H and O–H groups in total. The van der Waals surface area contributed by atoms with Gasteiger partial charge in [-0.15, -0.1) is 0 Å². The van der Waals surface area contributed by atoms with E-state index in [0.717, 1.165) is 11.1 Å². The lowest BCUT2D eigenvalue weighted by Gasteiger charge is -2.46. The molecule has 37 heavy (non-hydrogen) atoms. The van der Waals surface area contributed by atoms with Gasteiger partial charge in [-0.25, -0.2) is 4.79 Å². The average Bonchev–Trinajstić information content (AvgIpc) is 2.92. The standard InChI is InChI=1S/C29H23N3O5/c33-28-25-17-22(32(36)37)15-16-26(25)30(18-20-9-3-1-4-10-20)27(23-13-7-8-14-24(23)29(34)35)31(28)19-21-11-5-2-6-12-21/h1-17,27H,18-19H2,(H,34,35)/t27-/m0/s1. The van der Waals surface area contributed by atoms with Gasteiger partial charge in [-0.05, 0) is 23.3 Å². The smallest absolute Gasteiger partial charge is 0.336 e. The van der Waals surface area contributed by atoms with Gasteiger partial charge in [0.15, 0.2) is 0 Å². The first-order valence-electron chi connectivity index (χ1n) is 11.7. The molecule has 0 saturated heterocycles. The van der Waals surface area contributed by atoms with E-state index in [1.165, 1.54) is 18.2 Å². The summed E-state index contributed by atoms with van der Waals surface area (Å²) in [6.45, 7) is 0.536. The zero-order valence-corrected chi connectivity index (χ0v) is 19.7. The molecule has 1 amide bonds. The molecule has 8 heteroatoms. The number of carboxylic acids is 1. The maximum atomic E-state index is 14.0. The molecular formula is C29H23N3O5. The monoisotopic (exact) mass is 493 g/mol. The second-order valence-electron chi connectivity index (χ2n) is 8.76. The topological polar surface area (TPSA) is 104 Å². The summed E-state index contributed by atoms with van der Waals surface area (Å²) in [5.74, 6) is -1.51. The Morgan fingerprint density at radius 1 is 0.811 bits per heavy atom. The molecule has 4 aromatic rings. The Morgan fingerprint density at radius 2 is 1.38 bits per heavy atom. The summed E-state index contributed by atoms with van der Waals surface area (Å²) < 4.78 is 0. The Hall–Kier alpha value is -4.98. The van der Waals surface area contributed by atoms with Crippen LogP contribution in [0.5, 0.6) is 0 Å². The van der Waals surface area contributed by atoms with Crippen molar-refractivity contribution in [3.8, 4) is 0 Å². The fourth-order valence-electron chi connectivity index (χ4n) is 4.77. The highest BCUT2D eigenvalue weighted by atomic mass is 16.6. The van der Waals surface area contributed by atoms with Crippen LogP contribution < -0.4 is 4.90 Å². The molecule has 1 atom stereocenters. The van der Waals surface area contributed by atoms with Crippen LogP contribution in [-0.4, -0.2) is 26.8 Å². The first-order chi connectivity index (χ1) is 17.9. The van der Waals surface area contributed by atoms with Crippen molar-refractivity contribution in [3.05, 3.63) is 141 Å². The van der Waals surface area contributed by atoms with E-state index >= 15 is 0 Å². The third-order valence-electron chi connectivity index (χ3n) is 6.44. The van der Waals surface area contributed by atoms with Gasteiger partial charge in [-0.2, -0.15) is 0 Å². The number of carbonyl (C=O) groups excluding carboxylic acids is 1. The Balaban J connectivity index is 1.75.